The van der Waals surface area contributed by atoms with Gasteiger partial charge in [0.15, 0.2) is 0 Å². The van der Waals surface area contributed by atoms with Gasteiger partial charge in [-0.25, -0.2) is 4.79 Å². The van der Waals surface area contributed by atoms with Crippen LogP contribution >= 0.6 is 9.24 Å². The van der Waals surface area contributed by atoms with Crippen LogP contribution in [0.1, 0.15) is 56.0 Å². The SMILES string of the molecule is CC.CC(=O)O[C@@H]1CC(/C=C/CCOc2cccc(C(F)(F)P)c2)[C@H](OC(=O)c2ccc(-c3ccccc3)cc2)C1. The van der Waals surface area contributed by atoms with Gasteiger partial charge >= 0.3 is 11.9 Å². The second kappa shape index (κ2) is 15.4. The van der Waals surface area contributed by atoms with Crippen LogP contribution in [0.25, 0.3) is 11.1 Å². The maximum Gasteiger partial charge on any atom is 0.338 e. The normalized spacial score (nSPS) is 18.3. The van der Waals surface area contributed by atoms with E-state index in [0.29, 0.717) is 37.2 Å². The fourth-order valence-corrected chi connectivity index (χ4v) is 4.78. The fourth-order valence-electron chi connectivity index (χ4n) is 4.60. The van der Waals surface area contributed by atoms with Crippen LogP contribution in [0.5, 0.6) is 5.75 Å². The first-order valence-corrected chi connectivity index (χ1v) is 14.4. The Hall–Kier alpha value is -3.57. The zero-order chi connectivity index (χ0) is 29.8. The van der Waals surface area contributed by atoms with Crippen LogP contribution in [0.15, 0.2) is 91.0 Å². The minimum Gasteiger partial charge on any atom is -0.493 e. The summed E-state index contributed by atoms with van der Waals surface area (Å²) in [5.74, 6) is -0.585. The lowest BCUT2D eigenvalue weighted by atomic mass is 10.0. The Labute approximate surface area is 243 Å². The van der Waals surface area contributed by atoms with Crippen molar-refractivity contribution in [2.45, 2.75) is 57.9 Å². The molecule has 3 aromatic carbocycles. The smallest absolute Gasteiger partial charge is 0.338 e. The topological polar surface area (TPSA) is 61.8 Å². The van der Waals surface area contributed by atoms with Crippen molar-refractivity contribution in [3.8, 4) is 16.9 Å². The van der Waals surface area contributed by atoms with E-state index in [1.165, 1.54) is 34.4 Å². The number of rotatable bonds is 10. The van der Waals surface area contributed by atoms with Crippen LogP contribution in [-0.4, -0.2) is 30.8 Å². The average Bonchev–Trinajstić information content (AvgIpc) is 3.34. The molecule has 1 fully saturated rings. The Balaban J connectivity index is 0.00000226. The number of alkyl halides is 2. The van der Waals surface area contributed by atoms with Crippen LogP contribution < -0.4 is 4.74 Å². The monoisotopic (exact) mass is 582 g/mol. The van der Waals surface area contributed by atoms with Crippen molar-refractivity contribution < 1.29 is 32.6 Å². The molecule has 4 rings (SSSR count). The number of halogens is 2. The first kappa shape index (κ1) is 32.0. The molecule has 1 aliphatic carbocycles. The molecule has 41 heavy (non-hydrogen) atoms. The second-order valence-corrected chi connectivity index (χ2v) is 10.2. The summed E-state index contributed by atoms with van der Waals surface area (Å²) >= 11 is 0. The van der Waals surface area contributed by atoms with Crippen molar-refractivity contribution in [2.75, 3.05) is 6.61 Å². The summed E-state index contributed by atoms with van der Waals surface area (Å²) in [5, 5.41) is 0. The maximum atomic E-state index is 13.5. The molecule has 1 aliphatic rings. The Morgan fingerprint density at radius 3 is 2.27 bits per heavy atom. The lowest BCUT2D eigenvalue weighted by molar-refractivity contribution is -0.146. The molecule has 0 aliphatic heterocycles. The van der Waals surface area contributed by atoms with Crippen LogP contribution in [0.2, 0.25) is 0 Å². The average molecular weight is 583 g/mol. The van der Waals surface area contributed by atoms with E-state index >= 15 is 0 Å². The number of carbonyl (C=O) groups is 2. The summed E-state index contributed by atoms with van der Waals surface area (Å²) in [4.78, 5) is 24.4. The molecule has 0 heterocycles. The van der Waals surface area contributed by atoms with Crippen molar-refractivity contribution in [2.24, 2.45) is 5.92 Å². The Morgan fingerprint density at radius 2 is 1.61 bits per heavy atom. The summed E-state index contributed by atoms with van der Waals surface area (Å²) in [5.41, 5.74) is -0.652. The lowest BCUT2D eigenvalue weighted by Gasteiger charge is -2.17. The van der Waals surface area contributed by atoms with Gasteiger partial charge in [-0.1, -0.05) is 89.8 Å². The zero-order valence-corrected chi connectivity index (χ0v) is 24.7. The van der Waals surface area contributed by atoms with Gasteiger partial charge < -0.3 is 14.2 Å². The van der Waals surface area contributed by atoms with Gasteiger partial charge in [-0.05, 0) is 48.2 Å². The minimum atomic E-state index is -3.02. The summed E-state index contributed by atoms with van der Waals surface area (Å²) in [6.45, 7) is 5.65. The van der Waals surface area contributed by atoms with E-state index in [2.05, 4.69) is 0 Å². The molecular weight excluding hydrogens is 545 g/mol. The van der Waals surface area contributed by atoms with Crippen molar-refractivity contribution in [1.29, 1.82) is 0 Å². The van der Waals surface area contributed by atoms with E-state index in [9.17, 15) is 18.4 Å². The van der Waals surface area contributed by atoms with Gasteiger partial charge in [0.05, 0.1) is 12.2 Å². The number of hydrogen-bond donors (Lipinski definition) is 0. The van der Waals surface area contributed by atoms with E-state index in [0.717, 1.165) is 11.1 Å². The Kier molecular flexibility index (Phi) is 12.0. The summed E-state index contributed by atoms with van der Waals surface area (Å²) in [6.07, 6.45) is 4.53. The molecule has 0 bridgehead atoms. The van der Waals surface area contributed by atoms with Crippen molar-refractivity contribution in [3.63, 3.8) is 0 Å². The highest BCUT2D eigenvalue weighted by atomic mass is 31.0. The van der Waals surface area contributed by atoms with Crippen LogP contribution in [0.3, 0.4) is 0 Å². The number of esters is 2. The molecule has 5 nitrogen and oxygen atoms in total. The number of ether oxygens (including phenoxy) is 3. The highest BCUT2D eigenvalue weighted by Gasteiger charge is 2.37. The molecule has 0 spiro atoms. The van der Waals surface area contributed by atoms with Gasteiger partial charge in [-0.2, -0.15) is 8.78 Å². The molecular formula is C33H37F2O5P. The van der Waals surface area contributed by atoms with E-state index in [4.69, 9.17) is 14.2 Å². The standard InChI is InChI=1S/C31H31F2O5P.C2H6/c1-21(34)37-28-18-25(10-5-6-17-36-27-12-7-11-26(19-27)31(32,33)39)29(20-28)38-30(35)24-15-13-23(14-16-24)22-8-3-2-4-9-22;1-2/h2-5,7-16,19,25,28-29H,6,17-18,20,39H2,1H3;1-2H3/b10-5+;/t25?,28-,29-;/m1./s1. The van der Waals surface area contributed by atoms with E-state index in [1.54, 1.807) is 18.2 Å². The van der Waals surface area contributed by atoms with Crippen LogP contribution in [-0.2, 0) is 19.9 Å². The minimum absolute atomic E-state index is 0.137. The zero-order valence-electron chi connectivity index (χ0n) is 23.6. The van der Waals surface area contributed by atoms with Crippen LogP contribution in [0.4, 0.5) is 8.78 Å². The van der Waals surface area contributed by atoms with E-state index in [-0.39, 0.29) is 23.6 Å². The molecule has 3 aromatic rings. The number of carbonyl (C=O) groups excluding carboxylic acids is 2. The van der Waals surface area contributed by atoms with Gasteiger partial charge in [-0.15, -0.1) is 0 Å². The summed E-state index contributed by atoms with van der Waals surface area (Å²) in [7, 11) is 1.52. The molecule has 0 radical (unpaired) electrons. The van der Waals surface area contributed by atoms with Gasteiger partial charge in [0.25, 0.3) is 5.66 Å². The highest BCUT2D eigenvalue weighted by molar-refractivity contribution is 7.17. The molecule has 0 saturated heterocycles. The second-order valence-electron chi connectivity index (χ2n) is 9.47. The molecule has 0 amide bonds. The third kappa shape index (κ3) is 9.79. The first-order valence-electron chi connectivity index (χ1n) is 13.8. The molecule has 0 N–H and O–H groups in total. The lowest BCUT2D eigenvalue weighted by Crippen LogP contribution is -2.22. The van der Waals surface area contributed by atoms with Crippen LogP contribution in [0, 0.1) is 5.92 Å². The molecule has 8 heteroatoms. The summed E-state index contributed by atoms with van der Waals surface area (Å²) in [6, 6.07) is 23.0. The fraction of sp³-hybridized carbons (Fsp3) is 0.333. The highest BCUT2D eigenvalue weighted by Crippen LogP contribution is 2.36. The van der Waals surface area contributed by atoms with E-state index < -0.39 is 17.7 Å². The third-order valence-corrected chi connectivity index (χ3v) is 6.82. The van der Waals surface area contributed by atoms with Crippen molar-refractivity contribution in [3.05, 3.63) is 102 Å². The molecule has 2 unspecified atom stereocenters. The molecule has 0 aromatic heterocycles. The first-order chi connectivity index (χ1) is 19.7. The number of hydrogen-bond acceptors (Lipinski definition) is 5. The van der Waals surface area contributed by atoms with E-state index in [1.807, 2.05) is 68.5 Å². The van der Waals surface area contributed by atoms with Gasteiger partial charge in [0, 0.05) is 24.8 Å². The predicted octanol–water partition coefficient (Wildman–Crippen LogP) is 8.20. The molecule has 4 atom stereocenters. The van der Waals surface area contributed by atoms with Gasteiger partial charge in [-0.3, -0.25) is 4.79 Å². The maximum absolute atomic E-state index is 13.5. The molecule has 1 saturated carbocycles. The van der Waals surface area contributed by atoms with Gasteiger partial charge in [0.1, 0.15) is 18.0 Å². The van der Waals surface area contributed by atoms with Gasteiger partial charge in [0.2, 0.25) is 0 Å². The van der Waals surface area contributed by atoms with Crippen molar-refractivity contribution in [1.82, 2.24) is 0 Å². The Bertz CT molecular complexity index is 1290. The largest absolute Gasteiger partial charge is 0.493 e. The Morgan fingerprint density at radius 1 is 0.927 bits per heavy atom. The quantitative estimate of drug-likeness (QED) is 0.104. The molecule has 218 valence electrons. The number of benzene rings is 3. The third-order valence-electron chi connectivity index (χ3n) is 6.48. The predicted molar refractivity (Wildman–Crippen MR) is 160 cm³/mol. The summed E-state index contributed by atoms with van der Waals surface area (Å²) < 4.78 is 43.9. The van der Waals surface area contributed by atoms with Crippen molar-refractivity contribution >= 4 is 21.2 Å².